The fraction of sp³-hybridized carbons (Fsp3) is 0.682. The van der Waals surface area contributed by atoms with E-state index in [1.54, 1.807) is 23.2 Å². The van der Waals surface area contributed by atoms with E-state index in [-0.39, 0.29) is 24.2 Å². The molecule has 2 saturated heterocycles. The van der Waals surface area contributed by atoms with E-state index < -0.39 is 5.60 Å². The second-order valence-corrected chi connectivity index (χ2v) is 8.43. The second-order valence-electron chi connectivity index (χ2n) is 8.43. The Morgan fingerprint density at radius 3 is 2.68 bits per heavy atom. The molecule has 6 nitrogen and oxygen atoms in total. The maximum Gasteiger partial charge on any atom is 0.248 e. The van der Waals surface area contributed by atoms with E-state index in [2.05, 4.69) is 23.7 Å². The second kappa shape index (κ2) is 9.14. The summed E-state index contributed by atoms with van der Waals surface area (Å²) in [5.41, 5.74) is -0.558. The van der Waals surface area contributed by atoms with Gasteiger partial charge in [0.15, 0.2) is 5.60 Å². The van der Waals surface area contributed by atoms with Crippen LogP contribution >= 0.6 is 0 Å². The summed E-state index contributed by atoms with van der Waals surface area (Å²) >= 11 is 0. The molecule has 28 heavy (non-hydrogen) atoms. The van der Waals surface area contributed by atoms with Crippen molar-refractivity contribution in [1.82, 2.24) is 14.8 Å². The molecule has 0 aliphatic carbocycles. The lowest BCUT2D eigenvalue weighted by molar-refractivity contribution is -0.165. The highest BCUT2D eigenvalue weighted by molar-refractivity contribution is 6.02. The lowest BCUT2D eigenvalue weighted by Crippen LogP contribution is -2.63. The molecule has 0 N–H and O–H groups in total. The quantitative estimate of drug-likeness (QED) is 0.673. The molecule has 3 rings (SSSR count). The molecule has 1 aromatic heterocycles. The first kappa shape index (κ1) is 20.9. The zero-order valence-corrected chi connectivity index (χ0v) is 17.4. The Kier molecular flexibility index (Phi) is 6.83. The molecule has 1 unspecified atom stereocenters. The number of morpholine rings is 1. The van der Waals surface area contributed by atoms with Crippen LogP contribution < -0.4 is 0 Å². The molecular formula is C22H33N3O3. The summed E-state index contributed by atoms with van der Waals surface area (Å²) in [7, 11) is 0. The van der Waals surface area contributed by atoms with Crippen LogP contribution in [0, 0.1) is 11.8 Å². The maximum absolute atomic E-state index is 13.5. The van der Waals surface area contributed by atoms with Crippen LogP contribution in [0.4, 0.5) is 0 Å². The van der Waals surface area contributed by atoms with Crippen LogP contribution in [0.15, 0.2) is 24.4 Å². The first-order chi connectivity index (χ1) is 13.5. The monoisotopic (exact) mass is 387 g/mol. The van der Waals surface area contributed by atoms with Gasteiger partial charge in [-0.15, -0.1) is 0 Å². The number of hydrogen-bond donors (Lipinski definition) is 0. The molecule has 2 aliphatic heterocycles. The van der Waals surface area contributed by atoms with Gasteiger partial charge >= 0.3 is 0 Å². The van der Waals surface area contributed by atoms with E-state index >= 15 is 0 Å². The smallest absolute Gasteiger partial charge is 0.248 e. The highest BCUT2D eigenvalue weighted by Crippen LogP contribution is 2.37. The molecular weight excluding hydrogens is 354 g/mol. The number of pyridine rings is 1. The zero-order valence-electron chi connectivity index (χ0n) is 17.4. The molecule has 6 heteroatoms. The van der Waals surface area contributed by atoms with Crippen molar-refractivity contribution in [2.24, 2.45) is 11.8 Å². The number of ketones is 1. The first-order valence-electron chi connectivity index (χ1n) is 10.6. The fourth-order valence-electron chi connectivity index (χ4n) is 4.33. The number of Topliss-reactive ketones (excluding diaryl/α,β-unsaturated/α-hetero) is 1. The van der Waals surface area contributed by atoms with Crippen LogP contribution in [0.3, 0.4) is 0 Å². The van der Waals surface area contributed by atoms with Crippen LogP contribution in [0.2, 0.25) is 0 Å². The number of piperidine rings is 1. The average Bonchev–Trinajstić information content (AvgIpc) is 2.73. The van der Waals surface area contributed by atoms with Crippen molar-refractivity contribution in [2.75, 3.05) is 39.3 Å². The normalized spacial score (nSPS) is 24.7. The predicted molar refractivity (Wildman–Crippen MR) is 108 cm³/mol. The van der Waals surface area contributed by atoms with Crippen LogP contribution in [0.1, 0.15) is 50.5 Å². The Labute approximate surface area is 168 Å². The SMILES string of the molecule is CCN1CC(C(=O)c2ccccn2)(C2CCN(CCC(C)C)CC2)OCC1=O. The molecule has 1 aromatic rings. The number of likely N-dealkylation sites (N-methyl/N-ethyl adjacent to an activating group) is 1. The fourth-order valence-corrected chi connectivity index (χ4v) is 4.33. The van der Waals surface area contributed by atoms with E-state index in [0.717, 1.165) is 32.5 Å². The highest BCUT2D eigenvalue weighted by Gasteiger charge is 2.52. The Balaban J connectivity index is 1.80. The number of ether oxygens (including phenoxy) is 1. The van der Waals surface area contributed by atoms with Gasteiger partial charge in [0.25, 0.3) is 0 Å². The van der Waals surface area contributed by atoms with Gasteiger partial charge in [-0.3, -0.25) is 14.6 Å². The molecule has 0 saturated carbocycles. The summed E-state index contributed by atoms with van der Waals surface area (Å²) in [4.78, 5) is 34.3. The van der Waals surface area contributed by atoms with Crippen LogP contribution in [-0.2, 0) is 9.53 Å². The number of carbonyl (C=O) groups excluding carboxylic acids is 2. The van der Waals surface area contributed by atoms with Crippen molar-refractivity contribution in [1.29, 1.82) is 0 Å². The summed E-state index contributed by atoms with van der Waals surface area (Å²) in [6.07, 6.45) is 4.64. The number of carbonyl (C=O) groups is 2. The number of rotatable bonds is 7. The van der Waals surface area contributed by atoms with E-state index in [9.17, 15) is 9.59 Å². The average molecular weight is 388 g/mol. The van der Waals surface area contributed by atoms with Crippen LogP contribution in [-0.4, -0.2) is 71.4 Å². The van der Waals surface area contributed by atoms with Gasteiger partial charge in [-0.05, 0) is 69.8 Å². The van der Waals surface area contributed by atoms with Crippen LogP contribution in [0.5, 0.6) is 0 Å². The Bertz CT molecular complexity index is 671. The number of likely N-dealkylation sites (tertiary alicyclic amines) is 1. The molecule has 2 fully saturated rings. The minimum atomic E-state index is -0.984. The predicted octanol–water partition coefficient (Wildman–Crippen LogP) is 2.64. The van der Waals surface area contributed by atoms with Gasteiger partial charge in [0.05, 0.1) is 6.54 Å². The third-order valence-corrected chi connectivity index (χ3v) is 6.16. The van der Waals surface area contributed by atoms with Crippen molar-refractivity contribution in [2.45, 2.75) is 45.6 Å². The lowest BCUT2D eigenvalue weighted by Gasteiger charge is -2.47. The molecule has 3 heterocycles. The van der Waals surface area contributed by atoms with Crippen LogP contribution in [0.25, 0.3) is 0 Å². The van der Waals surface area contributed by atoms with Gasteiger partial charge in [-0.1, -0.05) is 19.9 Å². The van der Waals surface area contributed by atoms with Gasteiger partial charge < -0.3 is 14.5 Å². The van der Waals surface area contributed by atoms with Gasteiger partial charge in [0, 0.05) is 12.7 Å². The third-order valence-electron chi connectivity index (χ3n) is 6.16. The first-order valence-corrected chi connectivity index (χ1v) is 10.6. The number of aromatic nitrogens is 1. The lowest BCUT2D eigenvalue weighted by atomic mass is 9.75. The van der Waals surface area contributed by atoms with Gasteiger partial charge in [-0.2, -0.15) is 0 Å². The third kappa shape index (κ3) is 4.44. The summed E-state index contributed by atoms with van der Waals surface area (Å²) in [6, 6.07) is 5.38. The Morgan fingerprint density at radius 1 is 1.32 bits per heavy atom. The van der Waals surface area contributed by atoms with Crippen molar-refractivity contribution < 1.29 is 14.3 Å². The molecule has 154 valence electrons. The summed E-state index contributed by atoms with van der Waals surface area (Å²) in [6.45, 7) is 10.4. The topological polar surface area (TPSA) is 62.7 Å². The summed E-state index contributed by atoms with van der Waals surface area (Å²) < 4.78 is 6.10. The van der Waals surface area contributed by atoms with Crippen molar-refractivity contribution in [3.63, 3.8) is 0 Å². The molecule has 0 radical (unpaired) electrons. The van der Waals surface area contributed by atoms with Gasteiger partial charge in [0.1, 0.15) is 12.3 Å². The van der Waals surface area contributed by atoms with Gasteiger partial charge in [0.2, 0.25) is 11.7 Å². The maximum atomic E-state index is 13.5. The van der Waals surface area contributed by atoms with Gasteiger partial charge in [-0.25, -0.2) is 0 Å². The molecule has 1 amide bonds. The van der Waals surface area contributed by atoms with E-state index in [4.69, 9.17) is 4.74 Å². The van der Waals surface area contributed by atoms with Crippen molar-refractivity contribution >= 4 is 11.7 Å². The van der Waals surface area contributed by atoms with Crippen molar-refractivity contribution in [3.05, 3.63) is 30.1 Å². The standard InChI is InChI=1S/C22H33N3O3/c1-4-25-16-22(28-15-20(25)26,21(27)19-7-5-6-11-23-19)18-9-13-24(14-10-18)12-8-17(2)3/h5-7,11,17-18H,4,8-10,12-16H2,1-3H3. The summed E-state index contributed by atoms with van der Waals surface area (Å²) in [5.74, 6) is 0.668. The number of hydrogen-bond acceptors (Lipinski definition) is 5. The largest absolute Gasteiger partial charge is 0.355 e. The van der Waals surface area contributed by atoms with E-state index in [1.807, 2.05) is 13.0 Å². The Morgan fingerprint density at radius 2 is 2.07 bits per heavy atom. The Hall–Kier alpha value is -1.79. The molecule has 0 aromatic carbocycles. The highest BCUT2D eigenvalue weighted by atomic mass is 16.5. The minimum absolute atomic E-state index is 0.0278. The number of amides is 1. The molecule has 1 atom stereocenters. The minimum Gasteiger partial charge on any atom is -0.355 e. The molecule has 0 spiro atoms. The zero-order chi connectivity index (χ0) is 20.1. The molecule has 0 bridgehead atoms. The summed E-state index contributed by atoms with van der Waals surface area (Å²) in [5, 5.41) is 0. The molecule has 2 aliphatic rings. The van der Waals surface area contributed by atoms with Crippen molar-refractivity contribution in [3.8, 4) is 0 Å². The van der Waals surface area contributed by atoms with E-state index in [1.165, 1.54) is 6.42 Å². The number of nitrogens with zero attached hydrogens (tertiary/aromatic N) is 3. The van der Waals surface area contributed by atoms with E-state index in [0.29, 0.717) is 24.7 Å².